The van der Waals surface area contributed by atoms with Crippen molar-refractivity contribution in [2.24, 2.45) is 0 Å². The maximum absolute atomic E-state index is 11.8. The van der Waals surface area contributed by atoms with E-state index < -0.39 is 12.1 Å². The minimum atomic E-state index is -0.824. The van der Waals surface area contributed by atoms with Crippen LogP contribution in [0.5, 0.6) is 11.5 Å². The van der Waals surface area contributed by atoms with Crippen molar-refractivity contribution >= 4 is 11.9 Å². The molecular weight excluding hydrogens is 346 g/mol. The van der Waals surface area contributed by atoms with Crippen molar-refractivity contribution in [2.75, 3.05) is 6.61 Å². The number of nitrogens with one attached hydrogen (secondary N) is 1. The topological polar surface area (TPSA) is 73.9 Å². The van der Waals surface area contributed by atoms with E-state index in [9.17, 15) is 9.59 Å². The molecule has 142 valence electrons. The third kappa shape index (κ3) is 6.33. The highest BCUT2D eigenvalue weighted by Gasteiger charge is 2.27. The van der Waals surface area contributed by atoms with Crippen LogP contribution in [0.2, 0.25) is 0 Å². The van der Waals surface area contributed by atoms with Gasteiger partial charge in [-0.1, -0.05) is 30.3 Å². The Morgan fingerprint density at radius 2 is 1.63 bits per heavy atom. The van der Waals surface area contributed by atoms with Gasteiger partial charge in [0.2, 0.25) is 0 Å². The third-order valence-electron chi connectivity index (χ3n) is 4.03. The molecule has 6 nitrogen and oxygen atoms in total. The van der Waals surface area contributed by atoms with Crippen molar-refractivity contribution in [3.8, 4) is 11.5 Å². The number of rotatable bonds is 9. The summed E-state index contributed by atoms with van der Waals surface area (Å²) in [7, 11) is 0. The van der Waals surface area contributed by atoms with Crippen molar-refractivity contribution in [3.63, 3.8) is 0 Å². The summed E-state index contributed by atoms with van der Waals surface area (Å²) in [5.74, 6) is 0.372. The van der Waals surface area contributed by atoms with Crippen molar-refractivity contribution in [1.82, 2.24) is 5.32 Å². The zero-order valence-corrected chi connectivity index (χ0v) is 15.2. The highest BCUT2D eigenvalue weighted by atomic mass is 16.6. The van der Waals surface area contributed by atoms with E-state index in [2.05, 4.69) is 5.32 Å². The summed E-state index contributed by atoms with van der Waals surface area (Å²) in [5, 5.41) is 2.79. The Morgan fingerprint density at radius 1 is 1.00 bits per heavy atom. The molecule has 0 radical (unpaired) electrons. The van der Waals surface area contributed by atoms with Gasteiger partial charge in [-0.15, -0.1) is 0 Å². The normalized spacial score (nSPS) is 14.1. The smallest absolute Gasteiger partial charge is 0.344 e. The molecule has 1 aliphatic rings. The highest BCUT2D eigenvalue weighted by molar-refractivity contribution is 5.84. The van der Waals surface area contributed by atoms with Gasteiger partial charge < -0.3 is 19.5 Å². The molecule has 0 spiro atoms. The number of carbonyl (C=O) groups is 2. The third-order valence-corrected chi connectivity index (χ3v) is 4.03. The molecule has 0 bridgehead atoms. The lowest BCUT2D eigenvalue weighted by Crippen LogP contribution is -2.37. The molecule has 2 aromatic rings. The molecule has 1 N–H and O–H groups in total. The maximum Gasteiger partial charge on any atom is 0.344 e. The molecule has 1 amide bonds. The Labute approximate surface area is 158 Å². The fourth-order valence-corrected chi connectivity index (χ4v) is 2.35. The fraction of sp³-hybridized carbons (Fsp3) is 0.333. The monoisotopic (exact) mass is 369 g/mol. The van der Waals surface area contributed by atoms with Crippen molar-refractivity contribution in [3.05, 3.63) is 60.2 Å². The summed E-state index contributed by atoms with van der Waals surface area (Å²) in [6.07, 6.45) is 1.15. The largest absolute Gasteiger partial charge is 0.489 e. The van der Waals surface area contributed by atoms with Gasteiger partial charge in [-0.05, 0) is 49.6 Å². The molecule has 0 heterocycles. The Morgan fingerprint density at radius 3 is 2.26 bits per heavy atom. The zero-order chi connectivity index (χ0) is 19.1. The van der Waals surface area contributed by atoms with Gasteiger partial charge in [-0.2, -0.15) is 0 Å². The molecular formula is C21H23NO5. The SMILES string of the molecule is C[C@@H](OC(=O)COc1ccc(OCc2ccccc2)cc1)C(=O)NC1CC1. The maximum atomic E-state index is 11.8. The second-order valence-corrected chi connectivity index (χ2v) is 6.45. The molecule has 1 saturated carbocycles. The zero-order valence-electron chi connectivity index (χ0n) is 15.2. The van der Waals surface area contributed by atoms with Gasteiger partial charge in [0.25, 0.3) is 5.91 Å². The number of hydrogen-bond donors (Lipinski definition) is 1. The second kappa shape index (κ2) is 9.07. The van der Waals surface area contributed by atoms with Crippen LogP contribution in [-0.4, -0.2) is 30.6 Å². The molecule has 3 rings (SSSR count). The summed E-state index contributed by atoms with van der Waals surface area (Å²) in [4.78, 5) is 23.6. The van der Waals surface area contributed by atoms with E-state index in [0.717, 1.165) is 18.4 Å². The summed E-state index contributed by atoms with van der Waals surface area (Å²) in [5.41, 5.74) is 1.08. The molecule has 1 atom stereocenters. The Kier molecular flexibility index (Phi) is 6.30. The predicted molar refractivity (Wildman–Crippen MR) is 99.4 cm³/mol. The van der Waals surface area contributed by atoms with Crippen LogP contribution in [0.25, 0.3) is 0 Å². The van der Waals surface area contributed by atoms with E-state index in [1.807, 2.05) is 30.3 Å². The number of ether oxygens (including phenoxy) is 3. The standard InChI is InChI=1S/C21H23NO5/c1-15(21(24)22-17-7-8-17)27-20(23)14-26-19-11-9-18(10-12-19)25-13-16-5-3-2-4-6-16/h2-6,9-12,15,17H,7-8,13-14H2,1H3,(H,22,24)/t15-/m1/s1. The van der Waals surface area contributed by atoms with Crippen LogP contribution in [0, 0.1) is 0 Å². The molecule has 2 aromatic carbocycles. The van der Waals surface area contributed by atoms with E-state index in [0.29, 0.717) is 18.1 Å². The molecule has 0 aliphatic heterocycles. The number of carbonyl (C=O) groups excluding carboxylic acids is 2. The number of amides is 1. The van der Waals surface area contributed by atoms with Crippen molar-refractivity contribution in [1.29, 1.82) is 0 Å². The van der Waals surface area contributed by atoms with E-state index in [1.54, 1.807) is 31.2 Å². The predicted octanol–water partition coefficient (Wildman–Crippen LogP) is 2.85. The van der Waals surface area contributed by atoms with Crippen molar-refractivity contribution in [2.45, 2.75) is 38.5 Å². The Hall–Kier alpha value is -3.02. The molecule has 0 saturated heterocycles. The van der Waals surface area contributed by atoms with Gasteiger partial charge in [0.1, 0.15) is 18.1 Å². The lowest BCUT2D eigenvalue weighted by Gasteiger charge is -2.13. The van der Waals surface area contributed by atoms with Crippen LogP contribution in [0.15, 0.2) is 54.6 Å². The van der Waals surface area contributed by atoms with Gasteiger partial charge in [-0.3, -0.25) is 4.79 Å². The first kappa shape index (κ1) is 18.8. The van der Waals surface area contributed by atoms with Gasteiger partial charge in [0.15, 0.2) is 12.7 Å². The lowest BCUT2D eigenvalue weighted by atomic mass is 10.2. The van der Waals surface area contributed by atoms with Crippen LogP contribution < -0.4 is 14.8 Å². The number of hydrogen-bond acceptors (Lipinski definition) is 5. The summed E-state index contributed by atoms with van der Waals surface area (Å²) in [6, 6.07) is 17.1. The van der Waals surface area contributed by atoms with Gasteiger partial charge >= 0.3 is 5.97 Å². The first-order chi connectivity index (χ1) is 13.1. The Bertz CT molecular complexity index is 756. The quantitative estimate of drug-likeness (QED) is 0.688. The minimum Gasteiger partial charge on any atom is -0.489 e. The molecule has 1 fully saturated rings. The number of benzene rings is 2. The van der Waals surface area contributed by atoms with Crippen LogP contribution in [-0.2, 0) is 20.9 Å². The lowest BCUT2D eigenvalue weighted by molar-refractivity contribution is -0.156. The second-order valence-electron chi connectivity index (χ2n) is 6.45. The van der Waals surface area contributed by atoms with E-state index in [-0.39, 0.29) is 18.6 Å². The van der Waals surface area contributed by atoms with Gasteiger partial charge in [0.05, 0.1) is 0 Å². The van der Waals surface area contributed by atoms with Crippen molar-refractivity contribution < 1.29 is 23.8 Å². The fourth-order valence-electron chi connectivity index (χ4n) is 2.35. The molecule has 0 aromatic heterocycles. The van der Waals surface area contributed by atoms with Gasteiger partial charge in [-0.25, -0.2) is 4.79 Å². The van der Waals surface area contributed by atoms with Crippen LogP contribution >= 0.6 is 0 Å². The molecule has 1 aliphatic carbocycles. The summed E-state index contributed by atoms with van der Waals surface area (Å²) in [6.45, 7) is 1.77. The van der Waals surface area contributed by atoms with E-state index in [1.165, 1.54) is 0 Å². The average Bonchev–Trinajstić information content (AvgIpc) is 3.50. The molecule has 6 heteroatoms. The Balaban J connectivity index is 1.38. The minimum absolute atomic E-state index is 0.234. The van der Waals surface area contributed by atoms with Crippen LogP contribution in [0.3, 0.4) is 0 Å². The first-order valence-electron chi connectivity index (χ1n) is 8.99. The average molecular weight is 369 g/mol. The van der Waals surface area contributed by atoms with E-state index >= 15 is 0 Å². The van der Waals surface area contributed by atoms with Crippen LogP contribution in [0.1, 0.15) is 25.3 Å². The van der Waals surface area contributed by atoms with Gasteiger partial charge in [0, 0.05) is 6.04 Å². The van der Waals surface area contributed by atoms with E-state index in [4.69, 9.17) is 14.2 Å². The van der Waals surface area contributed by atoms with Crippen LogP contribution in [0.4, 0.5) is 0 Å². The molecule has 27 heavy (non-hydrogen) atoms. The summed E-state index contributed by atoms with van der Waals surface area (Å²) >= 11 is 0. The molecule has 0 unspecified atom stereocenters. The highest BCUT2D eigenvalue weighted by Crippen LogP contribution is 2.20. The first-order valence-corrected chi connectivity index (χ1v) is 8.99. The summed E-state index contributed by atoms with van der Waals surface area (Å²) < 4.78 is 16.2. The number of esters is 1.